The first kappa shape index (κ1) is 32.3. The molecule has 0 amide bonds. The Morgan fingerprint density at radius 1 is 1.24 bits per heavy atom. The van der Waals surface area contributed by atoms with Crippen molar-refractivity contribution in [1.29, 1.82) is 0 Å². The molecule has 0 saturated carbocycles. The lowest BCUT2D eigenvalue weighted by Crippen LogP contribution is -2.43. The van der Waals surface area contributed by atoms with Crippen LogP contribution in [0.25, 0.3) is 0 Å². The Kier molecular flexibility index (Phi) is 12.4. The van der Waals surface area contributed by atoms with Gasteiger partial charge < -0.3 is 33.9 Å². The molecule has 2 heterocycles. The Morgan fingerprint density at radius 3 is 2.68 bits per heavy atom. The van der Waals surface area contributed by atoms with Crippen LogP contribution in [0.1, 0.15) is 47.0 Å². The lowest BCUT2D eigenvalue weighted by molar-refractivity contribution is -0.138. The predicted molar refractivity (Wildman–Crippen MR) is 157 cm³/mol. The maximum absolute atomic E-state index is 14.6. The third-order valence-electron chi connectivity index (χ3n) is 7.78. The predicted octanol–water partition coefficient (Wildman–Crippen LogP) is 4.59. The normalized spacial score (nSPS) is 25.4. The van der Waals surface area contributed by atoms with Crippen molar-refractivity contribution in [2.24, 2.45) is 21.8 Å². The zero-order valence-electron chi connectivity index (χ0n) is 24.9. The summed E-state index contributed by atoms with van der Waals surface area (Å²) in [6.07, 6.45) is 2.71. The Balaban J connectivity index is 1.65. The van der Waals surface area contributed by atoms with Crippen LogP contribution < -0.4 is 9.64 Å². The van der Waals surface area contributed by atoms with Gasteiger partial charge in [0.05, 0.1) is 31.0 Å². The highest BCUT2D eigenvalue weighted by molar-refractivity contribution is 5.82. The number of hydrogen-bond donors (Lipinski definition) is 1. The van der Waals surface area contributed by atoms with Gasteiger partial charge in [-0.1, -0.05) is 13.8 Å². The first-order valence-electron chi connectivity index (χ1n) is 14.3. The number of likely N-dealkylation sites (tertiary alicyclic amines) is 1. The van der Waals surface area contributed by atoms with Gasteiger partial charge in [0.15, 0.2) is 0 Å². The van der Waals surface area contributed by atoms with E-state index in [0.29, 0.717) is 63.1 Å². The number of carboxylic acid groups (broad SMARTS) is 1. The van der Waals surface area contributed by atoms with E-state index < -0.39 is 5.97 Å². The van der Waals surface area contributed by atoms with Crippen molar-refractivity contribution in [3.8, 4) is 5.75 Å². The Bertz CT molecular complexity index is 1080. The number of nitrogens with zero attached hydrogens (tertiary/aromatic N) is 4. The monoisotopic (exact) mass is 576 g/mol. The van der Waals surface area contributed by atoms with Crippen LogP contribution in [0.3, 0.4) is 0 Å². The van der Waals surface area contributed by atoms with Crippen molar-refractivity contribution in [3.63, 3.8) is 0 Å². The van der Waals surface area contributed by atoms with Crippen molar-refractivity contribution in [2.45, 2.75) is 65.2 Å². The van der Waals surface area contributed by atoms with Crippen LogP contribution in [0.4, 0.5) is 10.1 Å². The zero-order chi connectivity index (χ0) is 29.9. The number of hydrogen-bond acceptors (Lipinski definition) is 8. The summed E-state index contributed by atoms with van der Waals surface area (Å²) in [7, 11) is 1.65. The van der Waals surface area contributed by atoms with Gasteiger partial charge in [-0.25, -0.2) is 14.4 Å². The third-order valence-corrected chi connectivity index (χ3v) is 7.78. The fourth-order valence-corrected chi connectivity index (χ4v) is 5.51. The van der Waals surface area contributed by atoms with E-state index in [1.165, 1.54) is 12.3 Å². The number of methoxy groups -OCH3 is 1. The number of carbonyl (C=O) groups is 1. The lowest BCUT2D eigenvalue weighted by atomic mass is 9.96. The van der Waals surface area contributed by atoms with E-state index >= 15 is 0 Å². The van der Waals surface area contributed by atoms with Gasteiger partial charge in [0.25, 0.3) is 0 Å². The van der Waals surface area contributed by atoms with Crippen LogP contribution in [0.2, 0.25) is 0 Å². The molecule has 0 spiro atoms. The molecular weight excluding hydrogens is 531 g/mol. The number of amidine groups is 1. The summed E-state index contributed by atoms with van der Waals surface area (Å²) in [5.41, 5.74) is 0.524. The summed E-state index contributed by atoms with van der Waals surface area (Å²) in [5.74, 6) is 0.545. The number of carboxylic acids is 1. The van der Waals surface area contributed by atoms with Gasteiger partial charge in [-0.05, 0) is 39.1 Å². The summed E-state index contributed by atoms with van der Waals surface area (Å²) in [6, 6.07) is 4.57. The van der Waals surface area contributed by atoms with E-state index in [2.05, 4.69) is 23.6 Å². The highest BCUT2D eigenvalue weighted by Crippen LogP contribution is 2.32. The standard InChI is InChI=1S/C30H45FN4O6/c1-7-39-23-9-10-24(31)26(15-23)34-12-11-27(20(2)18-34)41-29(32-5)17-33-22(4)35-19-28(40-14-8-13-38-6)21(3)25(35)16-30(36)37/h9-10,15,17,20-21,25,27-28H,5,7-8,11-14,16,18-19H2,1-4,6H3,(H,36,37)/b29-17+,33-22+/t20-,21?,25?,27-,28?/m1/s1. The number of aliphatic carboxylic acids is 1. The van der Waals surface area contributed by atoms with E-state index in [1.54, 1.807) is 19.2 Å². The highest BCUT2D eigenvalue weighted by Gasteiger charge is 2.41. The largest absolute Gasteiger partial charge is 0.494 e. The number of ether oxygens (including phenoxy) is 4. The quantitative estimate of drug-likeness (QED) is 0.148. The second-order valence-electron chi connectivity index (χ2n) is 10.6. The number of halogens is 1. The highest BCUT2D eigenvalue weighted by atomic mass is 19.1. The van der Waals surface area contributed by atoms with Crippen molar-refractivity contribution in [1.82, 2.24) is 4.90 Å². The van der Waals surface area contributed by atoms with Gasteiger partial charge in [0.2, 0.25) is 5.88 Å². The summed E-state index contributed by atoms with van der Waals surface area (Å²) in [5, 5.41) is 9.52. The SMILES string of the molecule is C=N/C(=C\N=C(/C)N1CC(OCCCOC)C(C)C1CC(=O)O)O[C@@H]1CCN(c2cc(OCC)ccc2F)C[C@H]1C. The molecule has 2 saturated heterocycles. The van der Waals surface area contributed by atoms with Crippen molar-refractivity contribution < 1.29 is 33.2 Å². The van der Waals surface area contributed by atoms with E-state index in [4.69, 9.17) is 18.9 Å². The van der Waals surface area contributed by atoms with Gasteiger partial charge in [-0.15, -0.1) is 0 Å². The number of benzene rings is 1. The fraction of sp³-hybridized carbons (Fsp3) is 0.633. The average molecular weight is 577 g/mol. The molecular formula is C30H45FN4O6. The molecule has 5 atom stereocenters. The molecule has 228 valence electrons. The molecule has 3 rings (SSSR count). The van der Waals surface area contributed by atoms with Crippen molar-refractivity contribution >= 4 is 24.2 Å². The number of rotatable bonds is 14. The molecule has 3 unspecified atom stereocenters. The van der Waals surface area contributed by atoms with E-state index in [9.17, 15) is 14.3 Å². The van der Waals surface area contributed by atoms with E-state index in [1.807, 2.05) is 30.6 Å². The topological polar surface area (TPSA) is 105 Å². The van der Waals surface area contributed by atoms with Crippen LogP contribution in [0.5, 0.6) is 5.75 Å². The summed E-state index contributed by atoms with van der Waals surface area (Å²) >= 11 is 0. The maximum Gasteiger partial charge on any atom is 0.305 e. The third kappa shape index (κ3) is 8.90. The zero-order valence-corrected chi connectivity index (χ0v) is 24.9. The number of aliphatic imine (C=N–C) groups is 2. The van der Waals surface area contributed by atoms with Gasteiger partial charge in [0, 0.05) is 70.3 Å². The fourth-order valence-electron chi connectivity index (χ4n) is 5.51. The molecule has 0 aliphatic carbocycles. The second-order valence-corrected chi connectivity index (χ2v) is 10.6. The van der Waals surface area contributed by atoms with E-state index in [0.717, 1.165) is 6.42 Å². The smallest absolute Gasteiger partial charge is 0.305 e. The summed E-state index contributed by atoms with van der Waals surface area (Å²) < 4.78 is 37.5. The molecule has 2 aliphatic heterocycles. The molecule has 2 aliphatic rings. The molecule has 0 radical (unpaired) electrons. The molecule has 0 bridgehead atoms. The van der Waals surface area contributed by atoms with Crippen LogP contribution in [0, 0.1) is 17.7 Å². The first-order valence-corrected chi connectivity index (χ1v) is 14.3. The molecule has 11 heteroatoms. The van der Waals surface area contributed by atoms with Gasteiger partial charge in [-0.2, -0.15) is 0 Å². The molecule has 0 aromatic heterocycles. The Morgan fingerprint density at radius 2 is 2.02 bits per heavy atom. The number of anilines is 1. The average Bonchev–Trinajstić information content (AvgIpc) is 3.25. The minimum Gasteiger partial charge on any atom is -0.494 e. The molecule has 1 N–H and O–H groups in total. The van der Waals surface area contributed by atoms with Crippen molar-refractivity contribution in [3.05, 3.63) is 36.1 Å². The van der Waals surface area contributed by atoms with Gasteiger partial charge in [-0.3, -0.25) is 4.79 Å². The maximum atomic E-state index is 14.6. The molecule has 1 aromatic rings. The molecule has 1 aromatic carbocycles. The Labute approximate surface area is 242 Å². The van der Waals surface area contributed by atoms with Crippen LogP contribution >= 0.6 is 0 Å². The van der Waals surface area contributed by atoms with Crippen LogP contribution in [-0.2, 0) is 19.0 Å². The van der Waals surface area contributed by atoms with Gasteiger partial charge >= 0.3 is 5.97 Å². The number of piperidine rings is 1. The summed E-state index contributed by atoms with van der Waals surface area (Å²) in [6.45, 7) is 14.9. The molecule has 41 heavy (non-hydrogen) atoms. The molecule has 10 nitrogen and oxygen atoms in total. The minimum absolute atomic E-state index is 0.0110. The minimum atomic E-state index is -0.864. The van der Waals surface area contributed by atoms with Crippen LogP contribution in [-0.4, -0.2) is 93.3 Å². The Hall–Kier alpha value is -3.18. The van der Waals surface area contributed by atoms with E-state index in [-0.39, 0.29) is 48.2 Å². The van der Waals surface area contributed by atoms with Gasteiger partial charge in [0.1, 0.15) is 23.5 Å². The lowest BCUT2D eigenvalue weighted by Gasteiger charge is -2.38. The first-order chi connectivity index (χ1) is 19.7. The summed E-state index contributed by atoms with van der Waals surface area (Å²) in [4.78, 5) is 24.2. The van der Waals surface area contributed by atoms with Crippen LogP contribution in [0.15, 0.2) is 40.3 Å². The molecule has 2 fully saturated rings. The van der Waals surface area contributed by atoms with Crippen molar-refractivity contribution in [2.75, 3.05) is 51.5 Å². The second kappa shape index (κ2) is 15.7.